The average Bonchev–Trinajstić information content (AvgIpc) is 3.61. The fourth-order valence-corrected chi connectivity index (χ4v) is 4.59. The molecule has 0 unspecified atom stereocenters. The number of H-pyrrole nitrogens is 2. The van der Waals surface area contributed by atoms with Gasteiger partial charge in [-0.15, -0.1) is 11.3 Å². The van der Waals surface area contributed by atoms with E-state index in [1.54, 1.807) is 44.0 Å². The summed E-state index contributed by atoms with van der Waals surface area (Å²) in [7, 11) is 0. The van der Waals surface area contributed by atoms with Gasteiger partial charge < -0.3 is 10.3 Å². The molecule has 6 aromatic rings. The fourth-order valence-electron chi connectivity index (χ4n) is 3.84. The Morgan fingerprint density at radius 3 is 2.72 bits per heavy atom. The number of hydrogen-bond acceptors (Lipinski definition) is 7. The molecule has 0 saturated heterocycles. The van der Waals surface area contributed by atoms with Crippen molar-refractivity contribution in [2.45, 2.75) is 20.8 Å². The second kappa shape index (κ2) is 9.27. The summed E-state index contributed by atoms with van der Waals surface area (Å²) in [6.07, 6.45) is 8.77. The Morgan fingerprint density at radius 1 is 1.08 bits per heavy atom. The first-order valence-electron chi connectivity index (χ1n) is 10.8. The smallest absolute Gasteiger partial charge is 0.224 e. The van der Waals surface area contributed by atoms with Gasteiger partial charge in [0.2, 0.25) is 5.91 Å². The lowest BCUT2D eigenvalue weighted by Gasteiger charge is -2.06. The molecular weight excluding hydrogens is 479 g/mol. The maximum Gasteiger partial charge on any atom is 0.224 e. The van der Waals surface area contributed by atoms with Gasteiger partial charge in [-0.2, -0.15) is 9.49 Å². The van der Waals surface area contributed by atoms with E-state index in [1.807, 2.05) is 12.1 Å². The predicted molar refractivity (Wildman–Crippen MR) is 139 cm³/mol. The van der Waals surface area contributed by atoms with Crippen molar-refractivity contribution in [1.29, 1.82) is 0 Å². The van der Waals surface area contributed by atoms with Gasteiger partial charge >= 0.3 is 0 Å². The molecule has 0 fully saturated rings. The van der Waals surface area contributed by atoms with Crippen molar-refractivity contribution in [3.05, 3.63) is 60.4 Å². The highest BCUT2D eigenvalue weighted by Crippen LogP contribution is 2.34. The lowest BCUT2D eigenvalue weighted by molar-refractivity contribution is -0.115. The molecule has 0 aromatic carbocycles. The van der Waals surface area contributed by atoms with Crippen LogP contribution in [-0.2, 0) is 4.79 Å². The van der Waals surface area contributed by atoms with Crippen LogP contribution in [0.15, 0.2) is 55.2 Å². The number of aromatic nitrogens is 7. The first-order valence-corrected chi connectivity index (χ1v) is 11.6. The highest BCUT2D eigenvalue weighted by Gasteiger charge is 2.17. The zero-order valence-electron chi connectivity index (χ0n) is 18.3. The number of carbonyl (C=O) groups is 1. The molecule has 0 aliphatic carbocycles. The van der Waals surface area contributed by atoms with Gasteiger partial charge in [-0.3, -0.25) is 19.9 Å². The van der Waals surface area contributed by atoms with Crippen LogP contribution in [0, 0.1) is 5.13 Å². The molecule has 0 aliphatic heterocycles. The Bertz CT molecular complexity index is 1720. The van der Waals surface area contributed by atoms with Gasteiger partial charge in [0.15, 0.2) is 16.6 Å². The second-order valence-electron chi connectivity index (χ2n) is 7.83. The summed E-state index contributed by atoms with van der Waals surface area (Å²) in [5, 5.41) is 10.7. The molecule has 0 aliphatic rings. The average molecular weight is 501 g/mol. The molecule has 11 heteroatoms. The molecule has 0 spiro atoms. The van der Waals surface area contributed by atoms with E-state index in [-0.39, 0.29) is 18.5 Å². The number of rotatable bonds is 5. The van der Waals surface area contributed by atoms with Crippen molar-refractivity contribution >= 4 is 45.0 Å². The van der Waals surface area contributed by atoms with E-state index < -0.39 is 0 Å². The van der Waals surface area contributed by atoms with Crippen LogP contribution in [0.5, 0.6) is 0 Å². The third-order valence-corrected chi connectivity index (χ3v) is 6.46. The number of nitrogens with one attached hydrogen (secondary N) is 3. The Labute approximate surface area is 208 Å². The molecule has 0 bridgehead atoms. The van der Waals surface area contributed by atoms with Crippen LogP contribution in [0.25, 0.3) is 55.2 Å². The summed E-state index contributed by atoms with van der Waals surface area (Å²) < 4.78 is 13.6. The van der Waals surface area contributed by atoms with Crippen LogP contribution in [0.1, 0.15) is 20.8 Å². The van der Waals surface area contributed by atoms with Gasteiger partial charge in [-0.1, -0.05) is 14.4 Å². The van der Waals surface area contributed by atoms with Crippen molar-refractivity contribution in [1.82, 2.24) is 35.1 Å². The number of thiophene rings is 1. The SMILES string of the molecule is C.CCC(=O)Nc1cncc(-c2cnc3n[nH]c(-c4nc5c(-c6ccc(F)s6)cncc5[nH]4)c3c2)c1. The van der Waals surface area contributed by atoms with E-state index in [0.29, 0.717) is 34.8 Å². The van der Waals surface area contributed by atoms with Gasteiger partial charge in [-0.05, 0) is 24.3 Å². The molecule has 180 valence electrons. The van der Waals surface area contributed by atoms with Gasteiger partial charge in [0.05, 0.1) is 29.0 Å². The number of fused-ring (bicyclic) bond motifs is 2. The van der Waals surface area contributed by atoms with Crippen molar-refractivity contribution in [2.75, 3.05) is 5.32 Å². The Kier molecular flexibility index (Phi) is 5.98. The zero-order chi connectivity index (χ0) is 23.9. The minimum atomic E-state index is -0.265. The highest BCUT2D eigenvalue weighted by molar-refractivity contribution is 7.14. The number of pyridine rings is 3. The molecule has 36 heavy (non-hydrogen) atoms. The lowest BCUT2D eigenvalue weighted by Crippen LogP contribution is -2.09. The first-order chi connectivity index (χ1) is 17.1. The zero-order valence-corrected chi connectivity index (χ0v) is 19.2. The minimum Gasteiger partial charge on any atom is -0.335 e. The van der Waals surface area contributed by atoms with E-state index in [1.165, 1.54) is 6.07 Å². The molecule has 0 radical (unpaired) electrons. The topological polar surface area (TPSA) is 125 Å². The molecule has 6 heterocycles. The number of halogens is 1. The normalized spacial score (nSPS) is 11.1. The maximum atomic E-state index is 13.6. The fraction of sp³-hybridized carbons (Fsp3) is 0.120. The van der Waals surface area contributed by atoms with Crippen molar-refractivity contribution in [2.24, 2.45) is 0 Å². The number of imidazole rings is 1. The van der Waals surface area contributed by atoms with Crippen LogP contribution >= 0.6 is 11.3 Å². The van der Waals surface area contributed by atoms with E-state index in [2.05, 4.69) is 35.5 Å². The van der Waals surface area contributed by atoms with E-state index in [4.69, 9.17) is 4.98 Å². The number of aromatic amines is 2. The summed E-state index contributed by atoms with van der Waals surface area (Å²) in [6, 6.07) is 6.95. The quantitative estimate of drug-likeness (QED) is 0.274. The van der Waals surface area contributed by atoms with Crippen LogP contribution in [0.3, 0.4) is 0 Å². The third kappa shape index (κ3) is 4.09. The minimum absolute atomic E-state index is 0. The van der Waals surface area contributed by atoms with Crippen molar-refractivity contribution in [3.8, 4) is 33.1 Å². The van der Waals surface area contributed by atoms with Crippen LogP contribution in [0.4, 0.5) is 10.1 Å². The monoisotopic (exact) mass is 500 g/mol. The molecule has 6 aromatic heterocycles. The summed E-state index contributed by atoms with van der Waals surface area (Å²) in [5.41, 5.74) is 5.59. The molecule has 1 amide bonds. The summed E-state index contributed by atoms with van der Waals surface area (Å²) >= 11 is 1.05. The Balaban J connectivity index is 0.00000267. The molecule has 3 N–H and O–H groups in total. The number of carbonyl (C=O) groups excluding carboxylic acids is 1. The summed E-state index contributed by atoms with van der Waals surface area (Å²) in [4.78, 5) is 33.6. The van der Waals surface area contributed by atoms with Gasteiger partial charge in [0.25, 0.3) is 0 Å². The van der Waals surface area contributed by atoms with Crippen LogP contribution in [-0.4, -0.2) is 41.0 Å². The summed E-state index contributed by atoms with van der Waals surface area (Å²) in [6.45, 7) is 1.79. The number of hydrogen-bond donors (Lipinski definition) is 3. The third-order valence-electron chi connectivity index (χ3n) is 5.56. The maximum absolute atomic E-state index is 13.6. The predicted octanol–water partition coefficient (Wildman–Crippen LogP) is 5.81. The van der Waals surface area contributed by atoms with Gasteiger partial charge in [0.1, 0.15) is 11.2 Å². The number of amides is 1. The largest absolute Gasteiger partial charge is 0.335 e. The standard InChI is InChI=1S/C24H17FN8OS.CH4/c1-2-20(34)29-14-5-12(7-26-9-14)13-6-15-22(32-33-23(15)28-8-13)24-30-17-11-27-10-16(21(17)31-24)18-3-4-19(25)35-18;/h3-11H,2H2,1H3,(H,29,34)(H,30,31)(H,28,32,33);1H4. The van der Waals surface area contributed by atoms with E-state index >= 15 is 0 Å². The molecule has 0 atom stereocenters. The highest BCUT2D eigenvalue weighted by atomic mass is 32.1. The number of anilines is 1. The first kappa shape index (κ1) is 23.2. The molecule has 9 nitrogen and oxygen atoms in total. The van der Waals surface area contributed by atoms with E-state index in [9.17, 15) is 9.18 Å². The molecular formula is C25H21FN8OS. The Hall–Kier alpha value is -4.51. The van der Waals surface area contributed by atoms with Crippen molar-refractivity contribution in [3.63, 3.8) is 0 Å². The Morgan fingerprint density at radius 2 is 1.92 bits per heavy atom. The van der Waals surface area contributed by atoms with Gasteiger partial charge in [-0.25, -0.2) is 9.97 Å². The second-order valence-corrected chi connectivity index (χ2v) is 8.86. The van der Waals surface area contributed by atoms with Crippen molar-refractivity contribution < 1.29 is 9.18 Å². The number of nitrogens with zero attached hydrogens (tertiary/aromatic N) is 5. The van der Waals surface area contributed by atoms with E-state index in [0.717, 1.165) is 43.8 Å². The summed E-state index contributed by atoms with van der Waals surface area (Å²) in [5.74, 6) is 0.480. The lowest BCUT2D eigenvalue weighted by atomic mass is 10.1. The van der Waals surface area contributed by atoms with Gasteiger partial charge in [0, 0.05) is 46.6 Å². The van der Waals surface area contributed by atoms with Crippen LogP contribution < -0.4 is 5.32 Å². The molecule has 6 rings (SSSR count). The van der Waals surface area contributed by atoms with Crippen LogP contribution in [0.2, 0.25) is 0 Å². The molecule has 0 saturated carbocycles.